The predicted octanol–water partition coefficient (Wildman–Crippen LogP) is 6.65. The number of anilines is 2. The molecule has 0 spiro atoms. The zero-order valence-electron chi connectivity index (χ0n) is 20.5. The standard InChI is InChI=1S/C28H29N7S/c1-4-5-6-7-21-11-10-20(16-30-21)26-33-27(32-19(3)24-14-15-25(29)36-24)23-17-31-35(28(23)34-26)22-12-8-18(2)9-13-22/h8-17H,3-7,29H2,1-2H3,(H,32,33,34). The van der Waals surface area contributed by atoms with Crippen molar-refractivity contribution >= 4 is 38.9 Å². The van der Waals surface area contributed by atoms with Crippen molar-refractivity contribution < 1.29 is 0 Å². The first-order chi connectivity index (χ1) is 17.5. The fourth-order valence-corrected chi connectivity index (χ4v) is 4.69. The van der Waals surface area contributed by atoms with E-state index in [4.69, 9.17) is 15.7 Å². The smallest absolute Gasteiger partial charge is 0.169 e. The van der Waals surface area contributed by atoms with Crippen LogP contribution in [0.5, 0.6) is 0 Å². The fraction of sp³-hybridized carbons (Fsp3) is 0.214. The molecule has 36 heavy (non-hydrogen) atoms. The van der Waals surface area contributed by atoms with Gasteiger partial charge in [-0.2, -0.15) is 5.10 Å². The van der Waals surface area contributed by atoms with Gasteiger partial charge in [-0.1, -0.05) is 44.0 Å². The van der Waals surface area contributed by atoms with Gasteiger partial charge in [-0.25, -0.2) is 14.6 Å². The van der Waals surface area contributed by atoms with Crippen molar-refractivity contribution in [2.24, 2.45) is 0 Å². The highest BCUT2D eigenvalue weighted by atomic mass is 32.1. The lowest BCUT2D eigenvalue weighted by molar-refractivity contribution is 0.707. The van der Waals surface area contributed by atoms with E-state index >= 15 is 0 Å². The monoisotopic (exact) mass is 495 g/mol. The van der Waals surface area contributed by atoms with Crippen LogP contribution in [0.1, 0.15) is 42.3 Å². The summed E-state index contributed by atoms with van der Waals surface area (Å²) in [6.45, 7) is 8.48. The lowest BCUT2D eigenvalue weighted by Gasteiger charge is -2.11. The molecule has 4 heterocycles. The van der Waals surface area contributed by atoms with Gasteiger partial charge in [0.25, 0.3) is 0 Å². The first kappa shape index (κ1) is 23.7. The van der Waals surface area contributed by atoms with Crippen molar-refractivity contribution in [3.63, 3.8) is 0 Å². The van der Waals surface area contributed by atoms with Gasteiger partial charge in [0.05, 0.1) is 27.1 Å². The Kier molecular flexibility index (Phi) is 6.77. The van der Waals surface area contributed by atoms with E-state index in [-0.39, 0.29) is 0 Å². The second-order valence-electron chi connectivity index (χ2n) is 8.83. The van der Waals surface area contributed by atoms with Crippen molar-refractivity contribution in [2.45, 2.75) is 39.5 Å². The molecule has 0 saturated heterocycles. The number of nitrogen functional groups attached to an aromatic ring is 1. The normalized spacial score (nSPS) is 11.2. The van der Waals surface area contributed by atoms with Gasteiger partial charge in [-0.3, -0.25) is 4.98 Å². The maximum atomic E-state index is 5.93. The third-order valence-electron chi connectivity index (χ3n) is 6.02. The molecular weight excluding hydrogens is 466 g/mol. The zero-order valence-corrected chi connectivity index (χ0v) is 21.3. The molecule has 4 aromatic heterocycles. The molecule has 7 nitrogen and oxygen atoms in total. The molecule has 182 valence electrons. The molecule has 0 radical (unpaired) electrons. The highest BCUT2D eigenvalue weighted by Crippen LogP contribution is 2.31. The Labute approximate surface area is 214 Å². The summed E-state index contributed by atoms with van der Waals surface area (Å²) in [6, 6.07) is 16.1. The van der Waals surface area contributed by atoms with Gasteiger partial charge in [0.15, 0.2) is 11.5 Å². The molecule has 5 aromatic rings. The van der Waals surface area contributed by atoms with Gasteiger partial charge >= 0.3 is 0 Å². The van der Waals surface area contributed by atoms with E-state index in [1.54, 1.807) is 6.20 Å². The Hall–Kier alpha value is -4.04. The van der Waals surface area contributed by atoms with Gasteiger partial charge in [0, 0.05) is 23.2 Å². The van der Waals surface area contributed by atoms with Crippen molar-refractivity contribution in [3.05, 3.63) is 83.6 Å². The first-order valence-electron chi connectivity index (χ1n) is 12.1. The maximum absolute atomic E-state index is 5.93. The number of thiophene rings is 1. The zero-order chi connectivity index (χ0) is 25.1. The largest absolute Gasteiger partial charge is 0.391 e. The second-order valence-corrected chi connectivity index (χ2v) is 9.94. The Morgan fingerprint density at radius 1 is 1.03 bits per heavy atom. The molecular formula is C28H29N7S. The van der Waals surface area contributed by atoms with Crippen LogP contribution in [-0.4, -0.2) is 24.7 Å². The number of nitrogens with one attached hydrogen (secondary N) is 1. The third kappa shape index (κ3) is 4.99. The van der Waals surface area contributed by atoms with Crippen LogP contribution in [0.15, 0.2) is 67.5 Å². The molecule has 0 saturated carbocycles. The summed E-state index contributed by atoms with van der Waals surface area (Å²) in [4.78, 5) is 15.4. The molecule has 0 unspecified atom stereocenters. The molecule has 0 aliphatic carbocycles. The number of benzene rings is 1. The van der Waals surface area contributed by atoms with Crippen LogP contribution in [0.3, 0.4) is 0 Å². The van der Waals surface area contributed by atoms with Crippen molar-refractivity contribution in [3.8, 4) is 17.1 Å². The molecule has 0 aliphatic heterocycles. The van der Waals surface area contributed by atoms with Crippen LogP contribution in [0.4, 0.5) is 10.8 Å². The van der Waals surface area contributed by atoms with Crippen molar-refractivity contribution in [1.82, 2.24) is 24.7 Å². The minimum atomic E-state index is 0.574. The van der Waals surface area contributed by atoms with E-state index in [2.05, 4.69) is 54.0 Å². The fourth-order valence-electron chi connectivity index (χ4n) is 3.99. The molecule has 1 aromatic carbocycles. The molecule has 5 rings (SSSR count). The van der Waals surface area contributed by atoms with Crippen molar-refractivity contribution in [2.75, 3.05) is 11.1 Å². The highest BCUT2D eigenvalue weighted by Gasteiger charge is 2.17. The average molecular weight is 496 g/mol. The second kappa shape index (κ2) is 10.3. The van der Waals surface area contributed by atoms with Crippen LogP contribution in [0.25, 0.3) is 33.8 Å². The molecule has 0 atom stereocenters. The van der Waals surface area contributed by atoms with Gasteiger partial charge in [0.2, 0.25) is 0 Å². The summed E-state index contributed by atoms with van der Waals surface area (Å²) in [5.41, 5.74) is 11.4. The van der Waals surface area contributed by atoms with Gasteiger partial charge in [-0.05, 0) is 56.2 Å². The average Bonchev–Trinajstić information content (AvgIpc) is 3.52. The maximum Gasteiger partial charge on any atom is 0.169 e. The number of aryl methyl sites for hydroxylation is 2. The number of hydrogen-bond donors (Lipinski definition) is 2. The molecule has 8 heteroatoms. The van der Waals surface area contributed by atoms with Crippen LogP contribution >= 0.6 is 11.3 Å². The number of pyridine rings is 1. The molecule has 0 aliphatic rings. The van der Waals surface area contributed by atoms with Crippen LogP contribution < -0.4 is 11.1 Å². The Bertz CT molecular complexity index is 1500. The summed E-state index contributed by atoms with van der Waals surface area (Å²) in [7, 11) is 0. The van der Waals surface area contributed by atoms with E-state index in [1.165, 1.54) is 29.7 Å². The Morgan fingerprint density at radius 2 is 1.86 bits per heavy atom. The number of rotatable bonds is 9. The number of nitrogens with two attached hydrogens (primary N) is 1. The summed E-state index contributed by atoms with van der Waals surface area (Å²) in [5, 5.41) is 9.56. The Morgan fingerprint density at radius 3 is 2.56 bits per heavy atom. The van der Waals surface area contributed by atoms with Crippen LogP contribution in [0.2, 0.25) is 0 Å². The number of hydrogen-bond acceptors (Lipinski definition) is 7. The minimum absolute atomic E-state index is 0.574. The third-order valence-corrected chi connectivity index (χ3v) is 6.99. The van der Waals surface area contributed by atoms with Gasteiger partial charge in [-0.15, -0.1) is 11.3 Å². The van der Waals surface area contributed by atoms with Gasteiger partial charge in [0.1, 0.15) is 5.82 Å². The highest BCUT2D eigenvalue weighted by molar-refractivity contribution is 7.16. The minimum Gasteiger partial charge on any atom is -0.391 e. The molecule has 3 N–H and O–H groups in total. The van der Waals surface area contributed by atoms with E-state index in [0.29, 0.717) is 17.3 Å². The summed E-state index contributed by atoms with van der Waals surface area (Å²) in [6.07, 6.45) is 8.16. The van der Waals surface area contributed by atoms with Crippen LogP contribution in [-0.2, 0) is 6.42 Å². The van der Waals surface area contributed by atoms with E-state index in [0.717, 1.165) is 50.7 Å². The number of nitrogens with zero attached hydrogens (tertiary/aromatic N) is 5. The molecule has 0 bridgehead atoms. The quantitative estimate of drug-likeness (QED) is 0.222. The predicted molar refractivity (Wildman–Crippen MR) is 149 cm³/mol. The molecule has 0 fully saturated rings. The van der Waals surface area contributed by atoms with E-state index in [9.17, 15) is 0 Å². The number of unbranched alkanes of at least 4 members (excludes halogenated alkanes) is 2. The Balaban J connectivity index is 1.56. The first-order valence-corrected chi connectivity index (χ1v) is 12.9. The topological polar surface area (TPSA) is 94.5 Å². The van der Waals surface area contributed by atoms with E-state index in [1.807, 2.05) is 41.2 Å². The number of aromatic nitrogens is 5. The van der Waals surface area contributed by atoms with E-state index < -0.39 is 0 Å². The number of fused-ring (bicyclic) bond motifs is 1. The SMILES string of the molecule is C=C(Nc1nc(-c2ccc(CCCCC)nc2)nc2c1cnn2-c1ccc(C)cc1)c1ccc(N)s1. The summed E-state index contributed by atoms with van der Waals surface area (Å²) in [5.74, 6) is 1.21. The molecule has 0 amide bonds. The lowest BCUT2D eigenvalue weighted by Crippen LogP contribution is -2.04. The summed E-state index contributed by atoms with van der Waals surface area (Å²) >= 11 is 1.48. The van der Waals surface area contributed by atoms with Crippen molar-refractivity contribution in [1.29, 1.82) is 0 Å². The van der Waals surface area contributed by atoms with Crippen LogP contribution in [0, 0.1) is 6.92 Å². The lowest BCUT2D eigenvalue weighted by atomic mass is 10.1. The summed E-state index contributed by atoms with van der Waals surface area (Å²) < 4.78 is 1.84. The van der Waals surface area contributed by atoms with Gasteiger partial charge < -0.3 is 11.1 Å².